The Morgan fingerprint density at radius 2 is 2.07 bits per heavy atom. The standard InChI is InChI=1S/C19H16FN5O2/c1-11-8-14(2-5-15(11)20)19-22-24-25(23-19)10-17(26)13-3-6-16-12(9-13)4-7-18(27)21-16/h2-3,5-6,8-9H,4,7,10H2,1H3,(H,21,27). The molecule has 0 bridgehead atoms. The van der Waals surface area contributed by atoms with Crippen LogP contribution in [0.3, 0.4) is 0 Å². The molecule has 4 rings (SSSR count). The highest BCUT2D eigenvalue weighted by molar-refractivity contribution is 5.98. The number of aryl methyl sites for hydroxylation is 2. The van der Waals surface area contributed by atoms with Crippen LogP contribution in [-0.2, 0) is 17.8 Å². The second-order valence-electron chi connectivity index (χ2n) is 6.45. The Kier molecular flexibility index (Phi) is 4.23. The van der Waals surface area contributed by atoms with Gasteiger partial charge in [0, 0.05) is 23.2 Å². The highest BCUT2D eigenvalue weighted by Crippen LogP contribution is 2.24. The van der Waals surface area contributed by atoms with Crippen LogP contribution in [0.4, 0.5) is 10.1 Å². The van der Waals surface area contributed by atoms with Gasteiger partial charge in [0.2, 0.25) is 11.7 Å². The third kappa shape index (κ3) is 3.46. The molecule has 7 nitrogen and oxygen atoms in total. The number of Topliss-reactive ketones (excluding diaryl/α,β-unsaturated/α-hetero) is 1. The molecule has 0 saturated carbocycles. The molecule has 1 amide bonds. The first-order chi connectivity index (χ1) is 13.0. The average molecular weight is 365 g/mol. The molecular weight excluding hydrogens is 349 g/mol. The lowest BCUT2D eigenvalue weighted by Crippen LogP contribution is -2.20. The molecule has 0 unspecified atom stereocenters. The van der Waals surface area contributed by atoms with Gasteiger partial charge in [0.25, 0.3) is 0 Å². The molecule has 2 heterocycles. The third-order valence-corrected chi connectivity index (χ3v) is 4.48. The second-order valence-corrected chi connectivity index (χ2v) is 6.45. The summed E-state index contributed by atoms with van der Waals surface area (Å²) >= 11 is 0. The molecule has 1 aliphatic heterocycles. The summed E-state index contributed by atoms with van der Waals surface area (Å²) in [4.78, 5) is 25.2. The van der Waals surface area contributed by atoms with Crippen molar-refractivity contribution >= 4 is 17.4 Å². The predicted molar refractivity (Wildman–Crippen MR) is 95.7 cm³/mol. The second kappa shape index (κ2) is 6.71. The van der Waals surface area contributed by atoms with Crippen LogP contribution in [0.15, 0.2) is 36.4 Å². The van der Waals surface area contributed by atoms with Crippen LogP contribution in [-0.4, -0.2) is 31.9 Å². The number of rotatable bonds is 4. The molecular formula is C19H16FN5O2. The zero-order chi connectivity index (χ0) is 19.0. The molecule has 0 fully saturated rings. The number of halogens is 1. The van der Waals surface area contributed by atoms with Crippen LogP contribution in [0.5, 0.6) is 0 Å². The monoisotopic (exact) mass is 365 g/mol. The van der Waals surface area contributed by atoms with E-state index in [9.17, 15) is 14.0 Å². The van der Waals surface area contributed by atoms with Crippen LogP contribution >= 0.6 is 0 Å². The number of tetrazole rings is 1. The first kappa shape index (κ1) is 17.0. The summed E-state index contributed by atoms with van der Waals surface area (Å²) < 4.78 is 13.4. The van der Waals surface area contributed by atoms with Gasteiger partial charge in [0.15, 0.2) is 5.78 Å². The highest BCUT2D eigenvalue weighted by Gasteiger charge is 2.17. The molecule has 1 aliphatic rings. The van der Waals surface area contributed by atoms with E-state index in [1.54, 1.807) is 37.3 Å². The predicted octanol–water partition coefficient (Wildman–Crippen LogP) is 2.56. The molecule has 3 aromatic rings. The molecule has 0 saturated heterocycles. The number of fused-ring (bicyclic) bond motifs is 1. The van der Waals surface area contributed by atoms with Crippen LogP contribution in [0.25, 0.3) is 11.4 Å². The van der Waals surface area contributed by atoms with Crippen molar-refractivity contribution in [1.82, 2.24) is 20.2 Å². The normalized spacial score (nSPS) is 13.2. The number of ketones is 1. The van der Waals surface area contributed by atoms with Crippen molar-refractivity contribution in [3.8, 4) is 11.4 Å². The number of nitrogens with one attached hydrogen (secondary N) is 1. The van der Waals surface area contributed by atoms with Gasteiger partial charge in [-0.2, -0.15) is 4.80 Å². The fraction of sp³-hybridized carbons (Fsp3) is 0.211. The first-order valence-corrected chi connectivity index (χ1v) is 8.50. The number of hydrogen-bond acceptors (Lipinski definition) is 5. The van der Waals surface area contributed by atoms with E-state index in [0.29, 0.717) is 35.4 Å². The van der Waals surface area contributed by atoms with Gasteiger partial charge in [-0.15, -0.1) is 10.2 Å². The Balaban J connectivity index is 1.51. The SMILES string of the molecule is Cc1cc(-c2nnn(CC(=O)c3ccc4c(c3)CCC(=O)N4)n2)ccc1F. The van der Waals surface area contributed by atoms with Gasteiger partial charge in [0.05, 0.1) is 0 Å². The molecule has 0 spiro atoms. The van der Waals surface area contributed by atoms with Crippen LogP contribution < -0.4 is 5.32 Å². The number of hydrogen-bond donors (Lipinski definition) is 1. The van der Waals surface area contributed by atoms with E-state index in [-0.39, 0.29) is 24.1 Å². The smallest absolute Gasteiger partial charge is 0.224 e. The van der Waals surface area contributed by atoms with Crippen LogP contribution in [0.2, 0.25) is 0 Å². The lowest BCUT2D eigenvalue weighted by molar-refractivity contribution is -0.116. The third-order valence-electron chi connectivity index (χ3n) is 4.48. The summed E-state index contributed by atoms with van der Waals surface area (Å²) in [5.41, 5.74) is 3.34. The van der Waals surface area contributed by atoms with Gasteiger partial charge >= 0.3 is 0 Å². The van der Waals surface area contributed by atoms with Crippen molar-refractivity contribution in [2.24, 2.45) is 0 Å². The Hall–Kier alpha value is -3.42. The molecule has 2 aromatic carbocycles. The number of benzene rings is 2. The lowest BCUT2D eigenvalue weighted by Gasteiger charge is -2.17. The highest BCUT2D eigenvalue weighted by atomic mass is 19.1. The van der Waals surface area contributed by atoms with E-state index in [0.717, 1.165) is 11.3 Å². The van der Waals surface area contributed by atoms with E-state index in [2.05, 4.69) is 20.7 Å². The maximum atomic E-state index is 13.4. The van der Waals surface area contributed by atoms with Gasteiger partial charge in [-0.1, -0.05) is 0 Å². The molecule has 27 heavy (non-hydrogen) atoms. The maximum absolute atomic E-state index is 13.4. The van der Waals surface area contributed by atoms with Gasteiger partial charge in [-0.25, -0.2) is 4.39 Å². The first-order valence-electron chi connectivity index (χ1n) is 8.50. The van der Waals surface area contributed by atoms with Crippen molar-refractivity contribution in [3.05, 3.63) is 58.9 Å². The number of aromatic nitrogens is 4. The molecule has 8 heteroatoms. The zero-order valence-corrected chi connectivity index (χ0v) is 14.6. The van der Waals surface area contributed by atoms with Crippen LogP contribution in [0.1, 0.15) is 27.9 Å². The molecule has 1 N–H and O–H groups in total. The van der Waals surface area contributed by atoms with E-state index >= 15 is 0 Å². The largest absolute Gasteiger partial charge is 0.326 e. The Morgan fingerprint density at radius 1 is 1.22 bits per heavy atom. The zero-order valence-electron chi connectivity index (χ0n) is 14.6. The van der Waals surface area contributed by atoms with Crippen molar-refractivity contribution < 1.29 is 14.0 Å². The average Bonchev–Trinajstić information content (AvgIpc) is 3.12. The van der Waals surface area contributed by atoms with Gasteiger partial charge < -0.3 is 5.32 Å². The number of nitrogens with zero attached hydrogens (tertiary/aromatic N) is 4. The molecule has 0 atom stereocenters. The maximum Gasteiger partial charge on any atom is 0.224 e. The minimum Gasteiger partial charge on any atom is -0.326 e. The summed E-state index contributed by atoms with van der Waals surface area (Å²) in [6.45, 7) is 1.60. The summed E-state index contributed by atoms with van der Waals surface area (Å²) in [7, 11) is 0. The number of amides is 1. The van der Waals surface area contributed by atoms with Gasteiger partial charge in [-0.05, 0) is 66.1 Å². The summed E-state index contributed by atoms with van der Waals surface area (Å²) in [5, 5.41) is 14.9. The Bertz CT molecular complexity index is 1060. The topological polar surface area (TPSA) is 89.8 Å². The minimum atomic E-state index is -0.301. The van der Waals surface area contributed by atoms with E-state index < -0.39 is 0 Å². The van der Waals surface area contributed by atoms with Gasteiger partial charge in [0.1, 0.15) is 12.4 Å². The Labute approximate surface area is 154 Å². The lowest BCUT2D eigenvalue weighted by atomic mass is 9.99. The summed E-state index contributed by atoms with van der Waals surface area (Å²) in [5.74, 6) is -0.144. The summed E-state index contributed by atoms with van der Waals surface area (Å²) in [6.07, 6.45) is 1.02. The summed E-state index contributed by atoms with van der Waals surface area (Å²) in [6, 6.07) is 9.76. The van der Waals surface area contributed by atoms with Crippen LogP contribution in [0, 0.1) is 12.7 Å². The fourth-order valence-electron chi connectivity index (χ4n) is 2.99. The number of carbonyl (C=O) groups excluding carboxylic acids is 2. The van der Waals surface area contributed by atoms with Crippen molar-refractivity contribution in [3.63, 3.8) is 0 Å². The molecule has 0 radical (unpaired) electrons. The van der Waals surface area contributed by atoms with E-state index in [1.165, 1.54) is 10.9 Å². The van der Waals surface area contributed by atoms with Crippen molar-refractivity contribution in [1.29, 1.82) is 0 Å². The number of carbonyl (C=O) groups is 2. The van der Waals surface area contributed by atoms with Gasteiger partial charge in [-0.3, -0.25) is 9.59 Å². The Morgan fingerprint density at radius 3 is 2.89 bits per heavy atom. The fourth-order valence-corrected chi connectivity index (χ4v) is 2.99. The molecule has 0 aliphatic carbocycles. The molecule has 136 valence electrons. The molecule has 1 aromatic heterocycles. The van der Waals surface area contributed by atoms with Crippen molar-refractivity contribution in [2.45, 2.75) is 26.3 Å². The minimum absolute atomic E-state index is 0.0167. The van der Waals surface area contributed by atoms with Crippen molar-refractivity contribution in [2.75, 3.05) is 5.32 Å². The van der Waals surface area contributed by atoms with E-state index in [1.807, 2.05) is 0 Å². The van der Waals surface area contributed by atoms with E-state index in [4.69, 9.17) is 0 Å². The quantitative estimate of drug-likeness (QED) is 0.718. The number of anilines is 1.